The summed E-state index contributed by atoms with van der Waals surface area (Å²) < 4.78 is 31.4. The molecule has 0 saturated carbocycles. The Balaban J connectivity index is 1.51. The summed E-state index contributed by atoms with van der Waals surface area (Å²) in [7, 11) is 0. The topological polar surface area (TPSA) is 106 Å². The van der Waals surface area contributed by atoms with Crippen LogP contribution in [0.1, 0.15) is 52.0 Å². The second-order valence-electron chi connectivity index (χ2n) is 6.83. The molecule has 0 bridgehead atoms. The molecule has 2 N–H and O–H groups in total. The van der Waals surface area contributed by atoms with E-state index in [1.807, 2.05) is 12.1 Å². The van der Waals surface area contributed by atoms with Gasteiger partial charge in [0.15, 0.2) is 0 Å². The van der Waals surface area contributed by atoms with E-state index in [0.717, 1.165) is 24.0 Å². The number of alkyl halides is 2. The normalized spacial score (nSPS) is 15.7. The first-order chi connectivity index (χ1) is 14.0. The number of halogens is 2. The third kappa shape index (κ3) is 3.63. The number of fused-ring (bicyclic) bond motifs is 1. The zero-order valence-corrected chi connectivity index (χ0v) is 15.6. The minimum absolute atomic E-state index is 0.0545. The summed E-state index contributed by atoms with van der Waals surface area (Å²) in [5.74, 6) is -0.821. The highest BCUT2D eigenvalue weighted by molar-refractivity contribution is 5.95. The van der Waals surface area contributed by atoms with Gasteiger partial charge < -0.3 is 14.9 Å². The summed E-state index contributed by atoms with van der Waals surface area (Å²) in [6, 6.07) is 5.26. The number of aliphatic hydroxyl groups is 1. The fourth-order valence-corrected chi connectivity index (χ4v) is 3.57. The van der Waals surface area contributed by atoms with Crippen LogP contribution in [-0.2, 0) is 13.0 Å². The third-order valence-electron chi connectivity index (χ3n) is 5.07. The summed E-state index contributed by atoms with van der Waals surface area (Å²) >= 11 is 0. The van der Waals surface area contributed by atoms with Gasteiger partial charge in [0.25, 0.3) is 11.8 Å². The van der Waals surface area contributed by atoms with Gasteiger partial charge in [-0.05, 0) is 37.0 Å². The van der Waals surface area contributed by atoms with E-state index in [-0.39, 0.29) is 24.4 Å². The Morgan fingerprint density at radius 2 is 2.28 bits per heavy atom. The maximum absolute atomic E-state index is 12.7. The lowest BCUT2D eigenvalue weighted by Gasteiger charge is -2.14. The molecule has 1 aliphatic carbocycles. The molecule has 0 aliphatic heterocycles. The molecule has 8 nitrogen and oxygen atoms in total. The van der Waals surface area contributed by atoms with Crippen LogP contribution >= 0.6 is 0 Å². The van der Waals surface area contributed by atoms with E-state index in [2.05, 4.69) is 25.1 Å². The van der Waals surface area contributed by atoms with Gasteiger partial charge in [-0.3, -0.25) is 9.48 Å². The smallest absolute Gasteiger partial charge is 0.315 e. The maximum atomic E-state index is 12.7. The standard InChI is InChI=1S/C19H19F2N5O3/c1-10-14(9-22-26(10)6-7-27)18(28)23-15-5-3-11-8-12(2-4-13(11)15)17-24-19(16(20)21)29-25-17/h2,4,8-9,15-16,27H,3,5-7H2,1H3,(H,23,28). The zero-order chi connectivity index (χ0) is 20.5. The Hall–Kier alpha value is -3.14. The number of aliphatic hydroxyl groups excluding tert-OH is 1. The van der Waals surface area contributed by atoms with Gasteiger partial charge in [-0.15, -0.1) is 0 Å². The van der Waals surface area contributed by atoms with E-state index < -0.39 is 12.3 Å². The minimum atomic E-state index is -2.81. The van der Waals surface area contributed by atoms with Crippen molar-refractivity contribution in [3.8, 4) is 11.4 Å². The van der Waals surface area contributed by atoms with Gasteiger partial charge in [-0.25, -0.2) is 0 Å². The highest BCUT2D eigenvalue weighted by Gasteiger charge is 2.27. The average molecular weight is 403 g/mol. The number of rotatable bonds is 6. The molecule has 152 valence electrons. The lowest BCUT2D eigenvalue weighted by molar-refractivity contribution is 0.0935. The highest BCUT2D eigenvalue weighted by atomic mass is 19.3. The summed E-state index contributed by atoms with van der Waals surface area (Å²) in [6.07, 6.45) is 0.144. The second kappa shape index (κ2) is 7.70. The first-order valence-corrected chi connectivity index (χ1v) is 9.17. The molecule has 0 fully saturated rings. The molecule has 0 spiro atoms. The van der Waals surface area contributed by atoms with E-state index in [4.69, 9.17) is 5.11 Å². The number of aromatic nitrogens is 4. The van der Waals surface area contributed by atoms with Crippen LogP contribution in [0.2, 0.25) is 0 Å². The number of hydrogen-bond acceptors (Lipinski definition) is 6. The van der Waals surface area contributed by atoms with Gasteiger partial charge >= 0.3 is 6.43 Å². The number of amides is 1. The van der Waals surface area contributed by atoms with Crippen LogP contribution in [0, 0.1) is 6.92 Å². The van der Waals surface area contributed by atoms with Crippen LogP contribution < -0.4 is 5.32 Å². The molecule has 1 aliphatic rings. The monoisotopic (exact) mass is 403 g/mol. The Bertz CT molecular complexity index is 1050. The minimum Gasteiger partial charge on any atom is -0.394 e. The van der Waals surface area contributed by atoms with E-state index in [0.29, 0.717) is 23.4 Å². The van der Waals surface area contributed by atoms with Crippen LogP contribution in [0.25, 0.3) is 11.4 Å². The molecule has 3 aromatic rings. The predicted octanol–water partition coefficient (Wildman–Crippen LogP) is 2.59. The first-order valence-electron chi connectivity index (χ1n) is 9.17. The SMILES string of the molecule is Cc1c(C(=O)NC2CCc3cc(-c4noc(C(F)F)n4)ccc32)cnn1CCO. The van der Waals surface area contributed by atoms with Crippen molar-refractivity contribution in [1.82, 2.24) is 25.2 Å². The van der Waals surface area contributed by atoms with Crippen LogP contribution in [0.4, 0.5) is 8.78 Å². The van der Waals surface area contributed by atoms with Gasteiger partial charge in [-0.2, -0.15) is 18.9 Å². The summed E-state index contributed by atoms with van der Waals surface area (Å²) in [5.41, 5.74) is 3.73. The van der Waals surface area contributed by atoms with Crippen molar-refractivity contribution in [2.75, 3.05) is 6.61 Å². The van der Waals surface area contributed by atoms with Crippen molar-refractivity contribution in [1.29, 1.82) is 0 Å². The van der Waals surface area contributed by atoms with E-state index in [1.54, 1.807) is 17.7 Å². The van der Waals surface area contributed by atoms with E-state index >= 15 is 0 Å². The maximum Gasteiger partial charge on any atom is 0.315 e. The van der Waals surface area contributed by atoms with Gasteiger partial charge in [0.05, 0.1) is 31.0 Å². The van der Waals surface area contributed by atoms with E-state index in [1.165, 1.54) is 6.20 Å². The Kier molecular flexibility index (Phi) is 5.10. The Morgan fingerprint density at radius 3 is 3.00 bits per heavy atom. The molecule has 1 aromatic carbocycles. The molecule has 1 atom stereocenters. The van der Waals surface area contributed by atoms with Crippen molar-refractivity contribution in [3.05, 3.63) is 52.7 Å². The van der Waals surface area contributed by atoms with Gasteiger partial charge in [0, 0.05) is 11.3 Å². The average Bonchev–Trinajstić information content (AvgIpc) is 3.42. The predicted molar refractivity (Wildman–Crippen MR) is 97.3 cm³/mol. The Labute approximate surface area is 164 Å². The van der Waals surface area contributed by atoms with Crippen molar-refractivity contribution >= 4 is 5.91 Å². The Morgan fingerprint density at radius 1 is 1.45 bits per heavy atom. The fraction of sp³-hybridized carbons (Fsp3) is 0.368. The zero-order valence-electron chi connectivity index (χ0n) is 15.6. The molecule has 2 aromatic heterocycles. The lowest BCUT2D eigenvalue weighted by Crippen LogP contribution is -2.27. The number of nitrogens with one attached hydrogen (secondary N) is 1. The molecule has 29 heavy (non-hydrogen) atoms. The summed E-state index contributed by atoms with van der Waals surface area (Å²) in [6.45, 7) is 2.06. The number of benzene rings is 1. The van der Waals surface area contributed by atoms with Gasteiger partial charge in [0.2, 0.25) is 5.82 Å². The molecule has 2 heterocycles. The van der Waals surface area contributed by atoms with Gasteiger partial charge in [0.1, 0.15) is 0 Å². The molecular formula is C19H19F2N5O3. The molecule has 1 unspecified atom stereocenters. The van der Waals surface area contributed by atoms with Crippen LogP contribution in [-0.4, -0.2) is 37.5 Å². The molecule has 0 saturated heterocycles. The number of hydrogen-bond donors (Lipinski definition) is 2. The quantitative estimate of drug-likeness (QED) is 0.655. The summed E-state index contributed by atoms with van der Waals surface area (Å²) in [5, 5.41) is 19.8. The highest BCUT2D eigenvalue weighted by Crippen LogP contribution is 2.34. The van der Waals surface area contributed by atoms with Crippen molar-refractivity contribution in [2.24, 2.45) is 0 Å². The van der Waals surface area contributed by atoms with Crippen LogP contribution in [0.5, 0.6) is 0 Å². The molecule has 0 radical (unpaired) electrons. The summed E-state index contributed by atoms with van der Waals surface area (Å²) in [4.78, 5) is 16.4. The first kappa shape index (κ1) is 19.2. The van der Waals surface area contributed by atoms with Crippen molar-refractivity contribution in [3.63, 3.8) is 0 Å². The van der Waals surface area contributed by atoms with E-state index in [9.17, 15) is 13.6 Å². The van der Waals surface area contributed by atoms with Crippen LogP contribution in [0.3, 0.4) is 0 Å². The molecule has 10 heteroatoms. The molecule has 4 rings (SSSR count). The lowest BCUT2D eigenvalue weighted by atomic mass is 10.0. The molecular weight excluding hydrogens is 384 g/mol. The fourth-order valence-electron chi connectivity index (χ4n) is 3.57. The number of carbonyl (C=O) groups is 1. The van der Waals surface area contributed by atoms with Crippen molar-refractivity contribution < 1.29 is 23.2 Å². The number of carbonyl (C=O) groups excluding carboxylic acids is 1. The second-order valence-corrected chi connectivity index (χ2v) is 6.83. The largest absolute Gasteiger partial charge is 0.394 e. The third-order valence-corrected chi connectivity index (χ3v) is 5.07. The van der Waals surface area contributed by atoms with Gasteiger partial charge in [-0.1, -0.05) is 17.3 Å². The number of nitrogens with zero attached hydrogens (tertiary/aromatic N) is 4. The van der Waals surface area contributed by atoms with Crippen molar-refractivity contribution in [2.45, 2.75) is 38.8 Å². The molecule has 1 amide bonds. The van der Waals surface area contributed by atoms with Crippen LogP contribution in [0.15, 0.2) is 28.9 Å². The number of aryl methyl sites for hydroxylation is 1.